The molecule has 0 aromatic heterocycles. The van der Waals surface area contributed by atoms with Crippen LogP contribution in [0.25, 0.3) is 0 Å². The van der Waals surface area contributed by atoms with E-state index >= 15 is 0 Å². The van der Waals surface area contributed by atoms with E-state index in [1.165, 1.54) is 0 Å². The molecule has 2 rings (SSSR count). The van der Waals surface area contributed by atoms with Crippen LogP contribution in [-0.2, 0) is 9.84 Å². The molecule has 2 fully saturated rings. The van der Waals surface area contributed by atoms with Crippen LogP contribution in [0.4, 0.5) is 0 Å². The maximum Gasteiger partial charge on any atom is 0.154 e. The lowest BCUT2D eigenvalue weighted by molar-refractivity contribution is 0.560. The standard InChI is InChI=1S/C10H19NO2S/c11-10(8-5-6-8)7-14(12,13)9-3-1-2-4-9/h8-10H,1-7,11H2. The zero-order chi connectivity index (χ0) is 10.2. The van der Waals surface area contributed by atoms with Crippen molar-refractivity contribution in [2.45, 2.75) is 49.8 Å². The zero-order valence-corrected chi connectivity index (χ0v) is 9.30. The van der Waals surface area contributed by atoms with Gasteiger partial charge >= 0.3 is 0 Å². The van der Waals surface area contributed by atoms with E-state index in [1.807, 2.05) is 0 Å². The van der Waals surface area contributed by atoms with Crippen LogP contribution in [0.5, 0.6) is 0 Å². The largest absolute Gasteiger partial charge is 0.327 e. The van der Waals surface area contributed by atoms with Crippen LogP contribution in [-0.4, -0.2) is 25.5 Å². The third kappa shape index (κ3) is 2.28. The van der Waals surface area contributed by atoms with E-state index in [-0.39, 0.29) is 17.0 Å². The monoisotopic (exact) mass is 217 g/mol. The van der Waals surface area contributed by atoms with Gasteiger partial charge in [0.2, 0.25) is 0 Å². The summed E-state index contributed by atoms with van der Waals surface area (Å²) in [6.45, 7) is 0. The lowest BCUT2D eigenvalue weighted by Gasteiger charge is -2.15. The molecule has 82 valence electrons. The van der Waals surface area contributed by atoms with Crippen molar-refractivity contribution in [3.8, 4) is 0 Å². The molecule has 1 atom stereocenters. The topological polar surface area (TPSA) is 60.2 Å². The van der Waals surface area contributed by atoms with Gasteiger partial charge in [-0.2, -0.15) is 0 Å². The minimum atomic E-state index is -2.89. The van der Waals surface area contributed by atoms with Crippen LogP contribution in [0.15, 0.2) is 0 Å². The van der Waals surface area contributed by atoms with Crippen LogP contribution in [0.1, 0.15) is 38.5 Å². The Hall–Kier alpha value is -0.0900. The van der Waals surface area contributed by atoms with Crippen molar-refractivity contribution in [3.63, 3.8) is 0 Å². The molecule has 1 unspecified atom stereocenters. The van der Waals surface area contributed by atoms with Gasteiger partial charge in [0, 0.05) is 6.04 Å². The van der Waals surface area contributed by atoms with Crippen LogP contribution in [0, 0.1) is 5.92 Å². The Morgan fingerprint density at radius 1 is 1.14 bits per heavy atom. The minimum Gasteiger partial charge on any atom is -0.327 e. The van der Waals surface area contributed by atoms with Crippen LogP contribution in [0.3, 0.4) is 0 Å². The zero-order valence-electron chi connectivity index (χ0n) is 8.48. The number of rotatable bonds is 4. The highest BCUT2D eigenvalue weighted by Crippen LogP contribution is 2.33. The second-order valence-corrected chi connectivity index (χ2v) is 7.06. The predicted octanol–water partition coefficient (Wildman–Crippen LogP) is 1.08. The fourth-order valence-corrected chi connectivity index (χ4v) is 4.44. The molecular weight excluding hydrogens is 198 g/mol. The van der Waals surface area contributed by atoms with E-state index in [1.54, 1.807) is 0 Å². The summed E-state index contributed by atoms with van der Waals surface area (Å²) in [6, 6.07) is -0.0967. The Bertz CT molecular complexity index is 289. The molecule has 0 saturated heterocycles. The van der Waals surface area contributed by atoms with Gasteiger partial charge < -0.3 is 5.73 Å². The molecule has 0 amide bonds. The van der Waals surface area contributed by atoms with Gasteiger partial charge in [0.25, 0.3) is 0 Å². The molecule has 2 aliphatic rings. The van der Waals surface area contributed by atoms with Gasteiger partial charge in [-0.05, 0) is 31.6 Å². The first-order valence-corrected chi connectivity index (χ1v) is 7.28. The second kappa shape index (κ2) is 3.81. The fourth-order valence-electron chi connectivity index (χ4n) is 2.31. The normalized spacial score (nSPS) is 26.6. The molecule has 0 radical (unpaired) electrons. The van der Waals surface area contributed by atoms with Gasteiger partial charge in [-0.15, -0.1) is 0 Å². The van der Waals surface area contributed by atoms with Crippen molar-refractivity contribution in [2.75, 3.05) is 5.75 Å². The number of sulfone groups is 1. The minimum absolute atomic E-state index is 0.0766. The summed E-state index contributed by atoms with van der Waals surface area (Å²) in [6.07, 6.45) is 6.12. The third-order valence-corrected chi connectivity index (χ3v) is 5.80. The van der Waals surface area contributed by atoms with E-state index in [2.05, 4.69) is 0 Å². The lowest BCUT2D eigenvalue weighted by atomic mass is 10.2. The summed E-state index contributed by atoms with van der Waals surface area (Å²) in [5.41, 5.74) is 5.85. The van der Waals surface area contributed by atoms with E-state index in [0.717, 1.165) is 38.5 Å². The molecule has 0 aliphatic heterocycles. The molecular formula is C10H19NO2S. The Balaban J connectivity index is 1.93. The molecule has 4 heteroatoms. The predicted molar refractivity (Wildman–Crippen MR) is 56.7 cm³/mol. The van der Waals surface area contributed by atoms with Gasteiger partial charge in [0.05, 0.1) is 11.0 Å². The van der Waals surface area contributed by atoms with Crippen molar-refractivity contribution in [1.29, 1.82) is 0 Å². The molecule has 0 bridgehead atoms. The summed E-state index contributed by atoms with van der Waals surface area (Å²) in [7, 11) is -2.89. The van der Waals surface area contributed by atoms with Crippen LogP contribution < -0.4 is 5.73 Å². The highest BCUT2D eigenvalue weighted by molar-refractivity contribution is 7.92. The maximum atomic E-state index is 11.9. The molecule has 0 aromatic carbocycles. The van der Waals surface area contributed by atoms with Gasteiger partial charge in [0.15, 0.2) is 9.84 Å². The van der Waals surface area contributed by atoms with E-state index < -0.39 is 9.84 Å². The lowest BCUT2D eigenvalue weighted by Crippen LogP contribution is -2.35. The fraction of sp³-hybridized carbons (Fsp3) is 1.00. The van der Waals surface area contributed by atoms with Crippen LogP contribution in [0.2, 0.25) is 0 Å². The molecule has 2 aliphatic carbocycles. The molecule has 0 spiro atoms. The molecule has 0 heterocycles. The van der Waals surface area contributed by atoms with Crippen molar-refractivity contribution in [2.24, 2.45) is 11.7 Å². The quantitative estimate of drug-likeness (QED) is 0.766. The summed E-state index contributed by atoms with van der Waals surface area (Å²) in [5.74, 6) is 0.716. The summed E-state index contributed by atoms with van der Waals surface area (Å²) >= 11 is 0. The Morgan fingerprint density at radius 3 is 2.21 bits per heavy atom. The third-order valence-electron chi connectivity index (χ3n) is 3.46. The van der Waals surface area contributed by atoms with Gasteiger partial charge in [-0.25, -0.2) is 8.42 Å². The maximum absolute atomic E-state index is 11.9. The number of hydrogen-bond acceptors (Lipinski definition) is 3. The number of nitrogens with two attached hydrogens (primary N) is 1. The Morgan fingerprint density at radius 2 is 1.71 bits per heavy atom. The first-order valence-electron chi connectivity index (χ1n) is 5.57. The molecule has 14 heavy (non-hydrogen) atoms. The molecule has 2 N–H and O–H groups in total. The summed E-state index contributed by atoms with van der Waals surface area (Å²) in [4.78, 5) is 0. The SMILES string of the molecule is NC(CS(=O)(=O)C1CCCC1)C1CC1. The first-order chi connectivity index (χ1) is 6.59. The Labute approximate surface area is 86.0 Å². The van der Waals surface area contributed by atoms with Gasteiger partial charge in [-0.1, -0.05) is 12.8 Å². The first kappa shape index (κ1) is 10.4. The number of hydrogen-bond donors (Lipinski definition) is 1. The second-order valence-electron chi connectivity index (χ2n) is 4.74. The van der Waals surface area contributed by atoms with Crippen LogP contribution >= 0.6 is 0 Å². The van der Waals surface area contributed by atoms with E-state index in [0.29, 0.717) is 5.92 Å². The average molecular weight is 217 g/mol. The summed E-state index contributed by atoms with van der Waals surface area (Å²) in [5, 5.41) is -0.0766. The van der Waals surface area contributed by atoms with Gasteiger partial charge in [0.1, 0.15) is 0 Å². The van der Waals surface area contributed by atoms with E-state index in [4.69, 9.17) is 5.73 Å². The molecule has 2 saturated carbocycles. The van der Waals surface area contributed by atoms with Crippen molar-refractivity contribution >= 4 is 9.84 Å². The Kier molecular flexibility index (Phi) is 2.84. The van der Waals surface area contributed by atoms with E-state index in [9.17, 15) is 8.42 Å². The molecule has 0 aromatic rings. The highest BCUT2D eigenvalue weighted by Gasteiger charge is 2.35. The smallest absolute Gasteiger partial charge is 0.154 e. The highest BCUT2D eigenvalue weighted by atomic mass is 32.2. The van der Waals surface area contributed by atoms with Gasteiger partial charge in [-0.3, -0.25) is 0 Å². The molecule has 3 nitrogen and oxygen atoms in total. The summed E-state index contributed by atoms with van der Waals surface area (Å²) < 4.78 is 23.8. The average Bonchev–Trinajstić information content (AvgIpc) is 2.80. The van der Waals surface area contributed by atoms with Crippen molar-refractivity contribution in [3.05, 3.63) is 0 Å². The van der Waals surface area contributed by atoms with Crippen molar-refractivity contribution < 1.29 is 8.42 Å². The van der Waals surface area contributed by atoms with Crippen molar-refractivity contribution in [1.82, 2.24) is 0 Å².